The number of carbonyl (C=O) groups excluding carboxylic acids is 1. The lowest BCUT2D eigenvalue weighted by Gasteiger charge is -2.26. The molecule has 0 radical (unpaired) electrons. The molecular formula is C23H31N3O4S. The lowest BCUT2D eigenvalue weighted by Crippen LogP contribution is -2.40. The van der Waals surface area contributed by atoms with Crippen LogP contribution in [0.3, 0.4) is 0 Å². The quantitative estimate of drug-likeness (QED) is 0.640. The van der Waals surface area contributed by atoms with Crippen molar-refractivity contribution in [2.24, 2.45) is 0 Å². The van der Waals surface area contributed by atoms with Gasteiger partial charge in [0, 0.05) is 32.2 Å². The molecule has 2 aromatic rings. The van der Waals surface area contributed by atoms with Gasteiger partial charge in [0.1, 0.15) is 0 Å². The average molecular weight is 446 g/mol. The zero-order chi connectivity index (χ0) is 22.3. The molecule has 168 valence electrons. The largest absolute Gasteiger partial charge is 0.379 e. The van der Waals surface area contributed by atoms with Crippen LogP contribution in [-0.2, 0) is 32.6 Å². The van der Waals surface area contributed by atoms with Crippen LogP contribution in [0.25, 0.3) is 0 Å². The normalized spacial score (nSPS) is 15.4. The van der Waals surface area contributed by atoms with E-state index in [4.69, 9.17) is 4.74 Å². The lowest BCUT2D eigenvalue weighted by molar-refractivity contribution is -0.123. The van der Waals surface area contributed by atoms with E-state index in [2.05, 4.69) is 36.2 Å². The predicted octanol–water partition coefficient (Wildman–Crippen LogP) is 2.23. The number of morpholine rings is 1. The fraction of sp³-hybridized carbons (Fsp3) is 0.435. The third-order valence-corrected chi connectivity index (χ3v) is 7.24. The third-order valence-electron chi connectivity index (χ3n) is 5.33. The van der Waals surface area contributed by atoms with Crippen LogP contribution in [0, 0.1) is 0 Å². The van der Waals surface area contributed by atoms with E-state index in [0.29, 0.717) is 45.9 Å². The lowest BCUT2D eigenvalue weighted by atomic mass is 10.2. The first-order chi connectivity index (χ1) is 14.9. The summed E-state index contributed by atoms with van der Waals surface area (Å²) in [5.74, 6) is -0.0605. The molecule has 0 unspecified atom stereocenters. The van der Waals surface area contributed by atoms with E-state index in [0.717, 1.165) is 5.56 Å². The standard InChI is InChI=1S/C23H31N3O4S/c1-19(2)25(17-21-6-4-3-5-7-21)18-23(27)24-16-20-8-10-22(11-9-20)31(28,29)26-12-14-30-15-13-26/h3-11,19H,12-18H2,1-2H3,(H,24,27). The van der Waals surface area contributed by atoms with Gasteiger partial charge in [0.2, 0.25) is 15.9 Å². The van der Waals surface area contributed by atoms with Crippen LogP contribution >= 0.6 is 0 Å². The van der Waals surface area contributed by atoms with Gasteiger partial charge in [0.25, 0.3) is 0 Å². The summed E-state index contributed by atoms with van der Waals surface area (Å²) >= 11 is 0. The molecule has 1 amide bonds. The van der Waals surface area contributed by atoms with E-state index < -0.39 is 10.0 Å². The van der Waals surface area contributed by atoms with Crippen LogP contribution < -0.4 is 5.32 Å². The maximum atomic E-state index is 12.7. The first-order valence-corrected chi connectivity index (χ1v) is 12.0. The first-order valence-electron chi connectivity index (χ1n) is 10.6. The molecule has 1 N–H and O–H groups in total. The Morgan fingerprint density at radius 2 is 1.68 bits per heavy atom. The number of nitrogens with one attached hydrogen (secondary N) is 1. The summed E-state index contributed by atoms with van der Waals surface area (Å²) in [4.78, 5) is 14.9. The van der Waals surface area contributed by atoms with Gasteiger partial charge in [-0.2, -0.15) is 4.31 Å². The van der Waals surface area contributed by atoms with Crippen molar-refractivity contribution in [2.45, 2.75) is 37.9 Å². The van der Waals surface area contributed by atoms with Crippen LogP contribution in [0.5, 0.6) is 0 Å². The third kappa shape index (κ3) is 6.61. The average Bonchev–Trinajstić information content (AvgIpc) is 2.79. The van der Waals surface area contributed by atoms with Gasteiger partial charge in [-0.25, -0.2) is 8.42 Å². The molecule has 1 aliphatic rings. The summed E-state index contributed by atoms with van der Waals surface area (Å²) in [6, 6.07) is 17.0. The van der Waals surface area contributed by atoms with Crippen molar-refractivity contribution in [1.29, 1.82) is 0 Å². The number of ether oxygens (including phenoxy) is 1. The van der Waals surface area contributed by atoms with E-state index in [-0.39, 0.29) is 16.8 Å². The monoisotopic (exact) mass is 445 g/mol. The Balaban J connectivity index is 1.53. The van der Waals surface area contributed by atoms with Crippen molar-refractivity contribution >= 4 is 15.9 Å². The molecule has 1 aliphatic heterocycles. The Hall–Kier alpha value is -2.26. The number of carbonyl (C=O) groups is 1. The van der Waals surface area contributed by atoms with E-state index in [1.165, 1.54) is 9.87 Å². The number of amides is 1. The Kier molecular flexibility index (Phi) is 8.20. The second kappa shape index (κ2) is 10.9. The Morgan fingerprint density at radius 1 is 1.03 bits per heavy atom. The Labute approximate surface area is 185 Å². The van der Waals surface area contributed by atoms with Crippen molar-refractivity contribution in [3.8, 4) is 0 Å². The summed E-state index contributed by atoms with van der Waals surface area (Å²) in [6.07, 6.45) is 0. The van der Waals surface area contributed by atoms with E-state index >= 15 is 0 Å². The molecular weight excluding hydrogens is 414 g/mol. The fourth-order valence-corrected chi connectivity index (χ4v) is 4.80. The van der Waals surface area contributed by atoms with Gasteiger partial charge in [-0.05, 0) is 37.1 Å². The van der Waals surface area contributed by atoms with Crippen LogP contribution in [0.1, 0.15) is 25.0 Å². The first kappa shape index (κ1) is 23.4. The second-order valence-electron chi connectivity index (χ2n) is 7.92. The molecule has 2 aromatic carbocycles. The SMILES string of the molecule is CC(C)N(CC(=O)NCc1ccc(S(=O)(=O)N2CCOCC2)cc1)Cc1ccccc1. The van der Waals surface area contributed by atoms with Crippen LogP contribution in [0.15, 0.2) is 59.5 Å². The number of sulfonamides is 1. The summed E-state index contributed by atoms with van der Waals surface area (Å²) in [5.41, 5.74) is 2.02. The van der Waals surface area contributed by atoms with Gasteiger partial charge in [-0.1, -0.05) is 42.5 Å². The van der Waals surface area contributed by atoms with Crippen LogP contribution in [-0.4, -0.2) is 62.4 Å². The molecule has 1 fully saturated rings. The summed E-state index contributed by atoms with van der Waals surface area (Å²) in [5, 5.41) is 2.93. The van der Waals surface area contributed by atoms with Gasteiger partial charge in [-0.15, -0.1) is 0 Å². The minimum absolute atomic E-state index is 0.0605. The van der Waals surface area contributed by atoms with Crippen LogP contribution in [0.4, 0.5) is 0 Å². The molecule has 3 rings (SSSR count). The van der Waals surface area contributed by atoms with Crippen molar-refractivity contribution in [3.63, 3.8) is 0 Å². The second-order valence-corrected chi connectivity index (χ2v) is 9.86. The van der Waals surface area contributed by atoms with Crippen molar-refractivity contribution in [1.82, 2.24) is 14.5 Å². The zero-order valence-corrected chi connectivity index (χ0v) is 19.0. The van der Waals surface area contributed by atoms with Crippen molar-refractivity contribution < 1.29 is 17.9 Å². The molecule has 0 atom stereocenters. The summed E-state index contributed by atoms with van der Waals surface area (Å²) in [7, 11) is -3.51. The maximum Gasteiger partial charge on any atom is 0.243 e. The highest BCUT2D eigenvalue weighted by atomic mass is 32.2. The topological polar surface area (TPSA) is 79.0 Å². The fourth-order valence-electron chi connectivity index (χ4n) is 3.40. The number of rotatable bonds is 9. The molecule has 7 nitrogen and oxygen atoms in total. The zero-order valence-electron chi connectivity index (χ0n) is 18.2. The van der Waals surface area contributed by atoms with Crippen LogP contribution in [0.2, 0.25) is 0 Å². The molecule has 0 spiro atoms. The van der Waals surface area contributed by atoms with Gasteiger partial charge < -0.3 is 10.1 Å². The Bertz CT molecular complexity index is 941. The van der Waals surface area contributed by atoms with E-state index in [9.17, 15) is 13.2 Å². The minimum atomic E-state index is -3.51. The molecule has 31 heavy (non-hydrogen) atoms. The molecule has 0 aromatic heterocycles. The Morgan fingerprint density at radius 3 is 2.29 bits per heavy atom. The molecule has 0 aliphatic carbocycles. The van der Waals surface area contributed by atoms with E-state index in [1.807, 2.05) is 18.2 Å². The van der Waals surface area contributed by atoms with Gasteiger partial charge in [-0.3, -0.25) is 9.69 Å². The molecule has 0 saturated carbocycles. The highest BCUT2D eigenvalue weighted by molar-refractivity contribution is 7.89. The number of benzene rings is 2. The van der Waals surface area contributed by atoms with Crippen molar-refractivity contribution in [3.05, 3.63) is 65.7 Å². The van der Waals surface area contributed by atoms with Crippen molar-refractivity contribution in [2.75, 3.05) is 32.8 Å². The molecule has 8 heteroatoms. The molecule has 1 heterocycles. The summed E-state index contributed by atoms with van der Waals surface area (Å²) in [6.45, 7) is 7.09. The van der Waals surface area contributed by atoms with Gasteiger partial charge in [0.15, 0.2) is 0 Å². The number of nitrogens with zero attached hydrogens (tertiary/aromatic N) is 2. The number of hydrogen-bond acceptors (Lipinski definition) is 5. The highest BCUT2D eigenvalue weighted by Gasteiger charge is 2.26. The molecule has 1 saturated heterocycles. The molecule has 0 bridgehead atoms. The van der Waals surface area contributed by atoms with E-state index in [1.54, 1.807) is 24.3 Å². The predicted molar refractivity (Wildman–Crippen MR) is 120 cm³/mol. The smallest absolute Gasteiger partial charge is 0.243 e. The number of hydrogen-bond donors (Lipinski definition) is 1. The highest BCUT2D eigenvalue weighted by Crippen LogP contribution is 2.17. The minimum Gasteiger partial charge on any atom is -0.379 e. The summed E-state index contributed by atoms with van der Waals surface area (Å²) < 4.78 is 32.1. The van der Waals surface area contributed by atoms with Gasteiger partial charge >= 0.3 is 0 Å². The maximum absolute atomic E-state index is 12.7. The van der Waals surface area contributed by atoms with Gasteiger partial charge in [0.05, 0.1) is 24.7 Å².